The summed E-state index contributed by atoms with van der Waals surface area (Å²) in [5.41, 5.74) is 7.90. The van der Waals surface area contributed by atoms with Gasteiger partial charge in [-0.05, 0) is 37.5 Å². The second-order valence-electron chi connectivity index (χ2n) is 5.37. The molecule has 0 bridgehead atoms. The molecule has 0 amide bonds. The highest BCUT2D eigenvalue weighted by Crippen LogP contribution is 2.37. The summed E-state index contributed by atoms with van der Waals surface area (Å²) in [7, 11) is 0. The Morgan fingerprint density at radius 3 is 2.78 bits per heavy atom. The SMILES string of the molecule is Cc1nc(C(F)(F)F)c(CN2CCCc3c(N)cccc32)s1.Cl. The molecule has 0 unspecified atom stereocenters. The maximum atomic E-state index is 13.1. The molecule has 0 saturated heterocycles. The number of hydrogen-bond donors (Lipinski definition) is 1. The molecule has 0 spiro atoms. The van der Waals surface area contributed by atoms with Gasteiger partial charge in [-0.3, -0.25) is 0 Å². The molecule has 1 aliphatic heterocycles. The Hall–Kier alpha value is -1.47. The molecule has 2 aromatic rings. The Labute approximate surface area is 142 Å². The maximum Gasteiger partial charge on any atom is 0.434 e. The molecular weight excluding hydrogens is 347 g/mol. The third-order valence-electron chi connectivity index (χ3n) is 3.79. The normalized spacial score (nSPS) is 14.3. The number of fused-ring (bicyclic) bond motifs is 1. The molecule has 1 aromatic heterocycles. The molecule has 0 aliphatic carbocycles. The number of nitrogens with zero attached hydrogens (tertiary/aromatic N) is 2. The summed E-state index contributed by atoms with van der Waals surface area (Å²) in [5, 5.41) is 0.437. The van der Waals surface area contributed by atoms with Crippen LogP contribution in [0.2, 0.25) is 0 Å². The van der Waals surface area contributed by atoms with Gasteiger partial charge in [0.1, 0.15) is 0 Å². The van der Waals surface area contributed by atoms with Gasteiger partial charge < -0.3 is 10.6 Å². The van der Waals surface area contributed by atoms with Gasteiger partial charge >= 0.3 is 6.18 Å². The first-order valence-corrected chi connectivity index (χ1v) is 7.83. The maximum absolute atomic E-state index is 13.1. The fraction of sp³-hybridized carbons (Fsp3) is 0.400. The minimum Gasteiger partial charge on any atom is -0.398 e. The minimum absolute atomic E-state index is 0. The second kappa shape index (κ2) is 6.57. The highest BCUT2D eigenvalue weighted by atomic mass is 35.5. The van der Waals surface area contributed by atoms with Crippen molar-refractivity contribution in [2.75, 3.05) is 17.2 Å². The lowest BCUT2D eigenvalue weighted by Crippen LogP contribution is -2.29. The lowest BCUT2D eigenvalue weighted by molar-refractivity contribution is -0.141. The molecular formula is C15H17ClF3N3S. The number of aryl methyl sites for hydroxylation is 1. The van der Waals surface area contributed by atoms with Crippen LogP contribution in [0.3, 0.4) is 0 Å². The summed E-state index contributed by atoms with van der Waals surface area (Å²) in [5.74, 6) is 0. The standard InChI is InChI=1S/C15H16F3N3S.ClH/c1-9-20-14(15(16,17)18)13(22-9)8-21-7-3-4-10-11(19)5-2-6-12(10)21;/h2,5-6H,3-4,7-8,19H2,1H3;1H. The van der Waals surface area contributed by atoms with E-state index in [9.17, 15) is 13.2 Å². The van der Waals surface area contributed by atoms with Crippen LogP contribution in [0, 0.1) is 6.92 Å². The Morgan fingerprint density at radius 1 is 1.35 bits per heavy atom. The molecule has 0 saturated carbocycles. The summed E-state index contributed by atoms with van der Waals surface area (Å²) in [4.78, 5) is 5.90. The molecule has 0 atom stereocenters. The molecule has 2 heterocycles. The van der Waals surface area contributed by atoms with Crippen LogP contribution in [0.4, 0.5) is 24.5 Å². The van der Waals surface area contributed by atoms with Gasteiger partial charge in [0.05, 0.1) is 16.4 Å². The number of hydrogen-bond acceptors (Lipinski definition) is 4. The van der Waals surface area contributed by atoms with Gasteiger partial charge in [0.2, 0.25) is 0 Å². The van der Waals surface area contributed by atoms with Gasteiger partial charge in [-0.1, -0.05) is 6.07 Å². The van der Waals surface area contributed by atoms with E-state index in [1.807, 2.05) is 23.1 Å². The molecule has 3 nitrogen and oxygen atoms in total. The first-order valence-electron chi connectivity index (χ1n) is 7.02. The second-order valence-corrected chi connectivity index (χ2v) is 6.66. The summed E-state index contributed by atoms with van der Waals surface area (Å²) in [6, 6.07) is 5.60. The van der Waals surface area contributed by atoms with Crippen molar-refractivity contribution >= 4 is 35.1 Å². The van der Waals surface area contributed by atoms with E-state index < -0.39 is 11.9 Å². The summed E-state index contributed by atoms with van der Waals surface area (Å²) < 4.78 is 39.2. The van der Waals surface area contributed by atoms with Crippen LogP contribution in [0.1, 0.15) is 27.6 Å². The predicted octanol–water partition coefficient (Wildman–Crippen LogP) is 4.43. The van der Waals surface area contributed by atoms with E-state index in [0.717, 1.165) is 42.0 Å². The fourth-order valence-corrected chi connectivity index (χ4v) is 3.84. The zero-order valence-electron chi connectivity index (χ0n) is 12.5. The topological polar surface area (TPSA) is 42.2 Å². The van der Waals surface area contributed by atoms with E-state index in [1.54, 1.807) is 6.92 Å². The first-order chi connectivity index (χ1) is 10.4. The summed E-state index contributed by atoms with van der Waals surface area (Å²) in [6.45, 7) is 2.55. The number of rotatable bonds is 2. The van der Waals surface area contributed by atoms with Crippen molar-refractivity contribution < 1.29 is 13.2 Å². The Kier molecular flexibility index (Phi) is 5.10. The van der Waals surface area contributed by atoms with Crippen molar-refractivity contribution in [1.82, 2.24) is 4.98 Å². The number of nitrogen functional groups attached to an aromatic ring is 1. The monoisotopic (exact) mass is 363 g/mol. The third kappa shape index (κ3) is 3.55. The van der Waals surface area contributed by atoms with Crippen LogP contribution in [0.15, 0.2) is 18.2 Å². The minimum atomic E-state index is -4.41. The lowest BCUT2D eigenvalue weighted by atomic mass is 10.00. The van der Waals surface area contributed by atoms with Gasteiger partial charge in [0.25, 0.3) is 0 Å². The average molecular weight is 364 g/mol. The summed E-state index contributed by atoms with van der Waals surface area (Å²) >= 11 is 1.11. The number of aromatic nitrogens is 1. The smallest absolute Gasteiger partial charge is 0.398 e. The Bertz CT molecular complexity index is 700. The van der Waals surface area contributed by atoms with E-state index in [4.69, 9.17) is 5.73 Å². The van der Waals surface area contributed by atoms with Gasteiger partial charge in [0, 0.05) is 17.9 Å². The lowest BCUT2D eigenvalue weighted by Gasteiger charge is -2.32. The molecule has 1 aromatic carbocycles. The van der Waals surface area contributed by atoms with Crippen LogP contribution >= 0.6 is 23.7 Å². The molecule has 0 fully saturated rings. The van der Waals surface area contributed by atoms with Crippen LogP contribution in [0.25, 0.3) is 0 Å². The van der Waals surface area contributed by atoms with Crippen molar-refractivity contribution in [3.05, 3.63) is 39.3 Å². The highest BCUT2D eigenvalue weighted by molar-refractivity contribution is 7.11. The van der Waals surface area contributed by atoms with Gasteiger partial charge in [-0.25, -0.2) is 4.98 Å². The Morgan fingerprint density at radius 2 is 2.09 bits per heavy atom. The van der Waals surface area contributed by atoms with Gasteiger partial charge in [0.15, 0.2) is 5.69 Å². The van der Waals surface area contributed by atoms with Crippen LogP contribution in [-0.4, -0.2) is 11.5 Å². The van der Waals surface area contributed by atoms with Crippen molar-refractivity contribution in [2.45, 2.75) is 32.5 Å². The van der Waals surface area contributed by atoms with E-state index in [1.165, 1.54) is 0 Å². The number of thiazole rings is 1. The number of nitrogens with two attached hydrogens (primary N) is 1. The molecule has 2 N–H and O–H groups in total. The quantitative estimate of drug-likeness (QED) is 0.803. The predicted molar refractivity (Wildman–Crippen MR) is 89.3 cm³/mol. The zero-order valence-corrected chi connectivity index (χ0v) is 14.1. The van der Waals surface area contributed by atoms with Gasteiger partial charge in [-0.15, -0.1) is 23.7 Å². The van der Waals surface area contributed by atoms with Crippen molar-refractivity contribution in [2.24, 2.45) is 0 Å². The fourth-order valence-electron chi connectivity index (χ4n) is 2.86. The van der Waals surface area contributed by atoms with E-state index in [2.05, 4.69) is 4.98 Å². The summed E-state index contributed by atoms with van der Waals surface area (Å²) in [6.07, 6.45) is -2.65. The molecule has 126 valence electrons. The average Bonchev–Trinajstić information content (AvgIpc) is 2.81. The third-order valence-corrected chi connectivity index (χ3v) is 4.75. The number of alkyl halides is 3. The van der Waals surface area contributed by atoms with Crippen molar-refractivity contribution in [3.8, 4) is 0 Å². The van der Waals surface area contributed by atoms with Crippen molar-refractivity contribution in [3.63, 3.8) is 0 Å². The molecule has 23 heavy (non-hydrogen) atoms. The van der Waals surface area contributed by atoms with Crippen LogP contribution in [-0.2, 0) is 19.1 Å². The molecule has 1 aliphatic rings. The van der Waals surface area contributed by atoms with E-state index in [0.29, 0.717) is 10.7 Å². The largest absolute Gasteiger partial charge is 0.434 e. The van der Waals surface area contributed by atoms with Crippen LogP contribution in [0.5, 0.6) is 0 Å². The van der Waals surface area contributed by atoms with Crippen LogP contribution < -0.4 is 10.6 Å². The number of halogens is 4. The number of benzene rings is 1. The highest BCUT2D eigenvalue weighted by Gasteiger charge is 2.37. The van der Waals surface area contributed by atoms with E-state index in [-0.39, 0.29) is 23.8 Å². The van der Waals surface area contributed by atoms with E-state index >= 15 is 0 Å². The Balaban J connectivity index is 0.00000192. The number of anilines is 2. The van der Waals surface area contributed by atoms with Crippen molar-refractivity contribution in [1.29, 1.82) is 0 Å². The first kappa shape index (κ1) is 17.9. The molecule has 0 radical (unpaired) electrons. The zero-order chi connectivity index (χ0) is 15.9. The van der Waals surface area contributed by atoms with Gasteiger partial charge in [-0.2, -0.15) is 13.2 Å². The molecule has 3 rings (SSSR count). The molecule has 8 heteroatoms.